The minimum Gasteiger partial charge on any atom is -0.443 e. The highest BCUT2D eigenvalue weighted by molar-refractivity contribution is 5.87. The second kappa shape index (κ2) is 4.91. The van der Waals surface area contributed by atoms with E-state index >= 15 is 0 Å². The molecule has 0 aromatic carbocycles. The van der Waals surface area contributed by atoms with Crippen LogP contribution in [0.5, 0.6) is 0 Å². The number of hydrogen-bond acceptors (Lipinski definition) is 3. The lowest BCUT2D eigenvalue weighted by Gasteiger charge is -2.11. The van der Waals surface area contributed by atoms with Gasteiger partial charge in [0.25, 0.3) is 0 Å². The van der Waals surface area contributed by atoms with Gasteiger partial charge >= 0.3 is 5.97 Å². The highest BCUT2D eigenvalue weighted by atomic mass is 16.6. The van der Waals surface area contributed by atoms with Gasteiger partial charge < -0.3 is 4.74 Å². The van der Waals surface area contributed by atoms with Crippen LogP contribution in [0.4, 0.5) is 0 Å². The first-order valence-electron chi connectivity index (χ1n) is 3.70. The molecule has 2 N–H and O–H groups in total. The second-order valence-corrected chi connectivity index (χ2v) is 2.51. The number of rotatable bonds is 4. The zero-order valence-corrected chi connectivity index (χ0v) is 7.09. The molecule has 1 atom stereocenters. The van der Waals surface area contributed by atoms with Gasteiger partial charge in [0.2, 0.25) is 0 Å². The number of ether oxygens (including phenoxy) is 1. The van der Waals surface area contributed by atoms with Gasteiger partial charge in [-0.05, 0) is 13.3 Å². The van der Waals surface area contributed by atoms with E-state index in [2.05, 4.69) is 6.58 Å². The Bertz CT molecular complexity index is 154. The van der Waals surface area contributed by atoms with E-state index in [1.54, 1.807) is 6.92 Å². The van der Waals surface area contributed by atoms with Crippen molar-refractivity contribution < 1.29 is 9.53 Å². The minimum absolute atomic E-state index is 0.386. The van der Waals surface area contributed by atoms with Crippen LogP contribution in [-0.2, 0) is 9.53 Å². The average molecular weight is 157 g/mol. The molecule has 0 radical (unpaired) electrons. The van der Waals surface area contributed by atoms with Crippen molar-refractivity contribution in [3.8, 4) is 0 Å². The van der Waals surface area contributed by atoms with Crippen molar-refractivity contribution in [2.75, 3.05) is 0 Å². The summed E-state index contributed by atoms with van der Waals surface area (Å²) in [5.74, 6) is -0.411. The molecule has 64 valence electrons. The van der Waals surface area contributed by atoms with Crippen molar-refractivity contribution in [2.24, 2.45) is 5.73 Å². The zero-order valence-electron chi connectivity index (χ0n) is 7.09. The van der Waals surface area contributed by atoms with E-state index in [1.807, 2.05) is 6.92 Å². The maximum atomic E-state index is 10.8. The number of nitrogens with two attached hydrogens (primary N) is 1. The summed E-state index contributed by atoms with van der Waals surface area (Å²) < 4.78 is 4.79. The van der Waals surface area contributed by atoms with Crippen molar-refractivity contribution in [3.63, 3.8) is 0 Å². The monoisotopic (exact) mass is 157 g/mol. The van der Waals surface area contributed by atoms with Crippen LogP contribution >= 0.6 is 0 Å². The van der Waals surface area contributed by atoms with E-state index in [0.29, 0.717) is 12.0 Å². The van der Waals surface area contributed by atoms with Crippen LogP contribution in [0.3, 0.4) is 0 Å². The van der Waals surface area contributed by atoms with Crippen LogP contribution in [0.15, 0.2) is 12.2 Å². The molecular weight excluding hydrogens is 142 g/mol. The summed E-state index contributed by atoms with van der Waals surface area (Å²) in [5, 5.41) is 0. The minimum atomic E-state index is -0.482. The van der Waals surface area contributed by atoms with Crippen LogP contribution in [0, 0.1) is 0 Å². The lowest BCUT2D eigenvalue weighted by molar-refractivity contribution is -0.144. The van der Waals surface area contributed by atoms with Crippen molar-refractivity contribution >= 4 is 5.97 Å². The highest BCUT2D eigenvalue weighted by Crippen LogP contribution is 1.99. The van der Waals surface area contributed by atoms with Crippen molar-refractivity contribution in [3.05, 3.63) is 12.2 Å². The first kappa shape index (κ1) is 10.2. The maximum absolute atomic E-state index is 10.8. The van der Waals surface area contributed by atoms with Gasteiger partial charge in [0.05, 0.1) is 0 Å². The number of esters is 1. The predicted molar refractivity (Wildman–Crippen MR) is 43.8 cm³/mol. The molecule has 1 unspecified atom stereocenters. The molecule has 0 heterocycles. The quantitative estimate of drug-likeness (QED) is 0.379. The van der Waals surface area contributed by atoms with Gasteiger partial charge in [-0.25, -0.2) is 4.79 Å². The Morgan fingerprint density at radius 3 is 2.64 bits per heavy atom. The lowest BCUT2D eigenvalue weighted by atomic mass is 10.3. The summed E-state index contributed by atoms with van der Waals surface area (Å²) in [5.41, 5.74) is 5.82. The topological polar surface area (TPSA) is 52.3 Å². The Morgan fingerprint density at radius 2 is 2.27 bits per heavy atom. The van der Waals surface area contributed by atoms with Crippen molar-refractivity contribution in [1.82, 2.24) is 0 Å². The van der Waals surface area contributed by atoms with Crippen molar-refractivity contribution in [2.45, 2.75) is 32.9 Å². The molecule has 0 aromatic rings. The smallest absolute Gasteiger partial charge is 0.334 e. The third-order valence-electron chi connectivity index (χ3n) is 1.18. The Kier molecular flexibility index (Phi) is 4.54. The Hall–Kier alpha value is -0.830. The van der Waals surface area contributed by atoms with E-state index in [-0.39, 0.29) is 0 Å². The molecule has 0 amide bonds. The second-order valence-electron chi connectivity index (χ2n) is 2.51. The van der Waals surface area contributed by atoms with E-state index in [1.165, 1.54) is 0 Å². The van der Waals surface area contributed by atoms with E-state index < -0.39 is 12.2 Å². The fraction of sp³-hybridized carbons (Fsp3) is 0.625. The van der Waals surface area contributed by atoms with Gasteiger partial charge in [-0.3, -0.25) is 5.73 Å². The molecule has 0 aromatic heterocycles. The summed E-state index contributed by atoms with van der Waals surface area (Å²) in [6, 6.07) is 0. The first-order chi connectivity index (χ1) is 5.07. The molecule has 0 aliphatic heterocycles. The molecule has 0 bridgehead atoms. The Morgan fingerprint density at radius 1 is 1.73 bits per heavy atom. The normalized spacial score (nSPS) is 12.3. The number of hydrogen-bond donors (Lipinski definition) is 1. The van der Waals surface area contributed by atoms with Gasteiger partial charge in [-0.2, -0.15) is 0 Å². The average Bonchev–Trinajstić information content (AvgIpc) is 1.87. The van der Waals surface area contributed by atoms with Crippen LogP contribution in [0.25, 0.3) is 0 Å². The van der Waals surface area contributed by atoms with Gasteiger partial charge in [-0.1, -0.05) is 19.9 Å². The van der Waals surface area contributed by atoms with Gasteiger partial charge in [0.1, 0.15) is 0 Å². The van der Waals surface area contributed by atoms with Gasteiger partial charge in [-0.15, -0.1) is 0 Å². The molecule has 11 heavy (non-hydrogen) atoms. The molecule has 0 aliphatic carbocycles. The first-order valence-corrected chi connectivity index (χ1v) is 3.70. The van der Waals surface area contributed by atoms with Crippen LogP contribution in [0.2, 0.25) is 0 Å². The molecule has 0 saturated carbocycles. The molecule has 0 rings (SSSR count). The number of carbonyl (C=O) groups excluding carboxylic acids is 1. The van der Waals surface area contributed by atoms with E-state index in [9.17, 15) is 4.79 Å². The van der Waals surface area contributed by atoms with E-state index in [0.717, 1.165) is 6.42 Å². The van der Waals surface area contributed by atoms with Gasteiger partial charge in [0, 0.05) is 5.57 Å². The SMILES string of the molecule is C=C(C)C(=O)OC(N)CCC. The van der Waals surface area contributed by atoms with E-state index in [4.69, 9.17) is 10.5 Å². The number of carbonyl (C=O) groups is 1. The maximum Gasteiger partial charge on any atom is 0.334 e. The summed E-state index contributed by atoms with van der Waals surface area (Å²) in [6.45, 7) is 7.02. The fourth-order valence-electron chi connectivity index (χ4n) is 0.582. The Balaban J connectivity index is 3.66. The predicted octanol–water partition coefficient (Wildman–Crippen LogP) is 1.19. The molecule has 3 heteroatoms. The molecule has 0 saturated heterocycles. The molecule has 0 spiro atoms. The van der Waals surface area contributed by atoms with Crippen LogP contribution < -0.4 is 5.73 Å². The summed E-state index contributed by atoms with van der Waals surface area (Å²) in [4.78, 5) is 10.8. The third-order valence-corrected chi connectivity index (χ3v) is 1.18. The third kappa shape index (κ3) is 4.56. The Labute approximate surface area is 67.2 Å². The van der Waals surface area contributed by atoms with Crippen LogP contribution in [-0.4, -0.2) is 12.2 Å². The van der Waals surface area contributed by atoms with Crippen molar-refractivity contribution in [1.29, 1.82) is 0 Å². The summed E-state index contributed by atoms with van der Waals surface area (Å²) in [6.07, 6.45) is 1.12. The van der Waals surface area contributed by atoms with Gasteiger partial charge in [0.15, 0.2) is 6.23 Å². The zero-order chi connectivity index (χ0) is 8.85. The molecule has 0 aliphatic rings. The fourth-order valence-corrected chi connectivity index (χ4v) is 0.582. The standard InChI is InChI=1S/C8H15NO2/c1-4-5-7(9)11-8(10)6(2)3/h7H,2,4-5,9H2,1,3H3. The highest BCUT2D eigenvalue weighted by Gasteiger charge is 2.08. The summed E-state index contributed by atoms with van der Waals surface area (Å²) in [7, 11) is 0. The molecule has 0 fully saturated rings. The van der Waals surface area contributed by atoms with Crippen LogP contribution in [0.1, 0.15) is 26.7 Å². The summed E-state index contributed by atoms with van der Waals surface area (Å²) >= 11 is 0. The molecule has 3 nitrogen and oxygen atoms in total. The molecular formula is C8H15NO2. The lowest BCUT2D eigenvalue weighted by Crippen LogP contribution is -2.26. The largest absolute Gasteiger partial charge is 0.443 e.